The summed E-state index contributed by atoms with van der Waals surface area (Å²) < 4.78 is 25.6. The average molecular weight is 233 g/mol. The van der Waals surface area contributed by atoms with Crippen LogP contribution in [-0.2, 0) is 10.0 Å². The Labute approximate surface area is 91.3 Å². The standard InChI is InChI=1S/C10H19NO3S/c1-10(12)7-11(8-10)15(13,14)9-5-3-2-4-6-9/h9,12H,2-8H2,1H3. The van der Waals surface area contributed by atoms with E-state index in [9.17, 15) is 13.5 Å². The molecule has 0 radical (unpaired) electrons. The van der Waals surface area contributed by atoms with Crippen LogP contribution >= 0.6 is 0 Å². The third-order valence-electron chi connectivity index (χ3n) is 3.37. The summed E-state index contributed by atoms with van der Waals surface area (Å²) in [6, 6.07) is 0. The van der Waals surface area contributed by atoms with E-state index in [1.54, 1.807) is 6.92 Å². The molecule has 1 aliphatic heterocycles. The number of hydrogen-bond acceptors (Lipinski definition) is 3. The van der Waals surface area contributed by atoms with E-state index in [0.717, 1.165) is 32.1 Å². The molecule has 1 saturated heterocycles. The van der Waals surface area contributed by atoms with Gasteiger partial charge in [0.05, 0.1) is 10.9 Å². The maximum absolute atomic E-state index is 12.1. The number of β-amino-alcohol motifs (C(OH)–C–C–N with tert-alkyl or cyclic N) is 1. The summed E-state index contributed by atoms with van der Waals surface area (Å²) in [4.78, 5) is 0. The highest BCUT2D eigenvalue weighted by Crippen LogP contribution is 2.31. The second-order valence-corrected chi connectivity index (χ2v) is 7.28. The van der Waals surface area contributed by atoms with Gasteiger partial charge in [-0.2, -0.15) is 4.31 Å². The Kier molecular flexibility index (Phi) is 2.81. The zero-order valence-corrected chi connectivity index (χ0v) is 9.96. The molecule has 0 amide bonds. The van der Waals surface area contributed by atoms with Crippen molar-refractivity contribution in [3.63, 3.8) is 0 Å². The topological polar surface area (TPSA) is 57.6 Å². The van der Waals surface area contributed by atoms with Crippen LogP contribution in [-0.4, -0.2) is 41.8 Å². The van der Waals surface area contributed by atoms with Gasteiger partial charge in [0.1, 0.15) is 0 Å². The minimum absolute atomic E-state index is 0.192. The first kappa shape index (κ1) is 11.4. The van der Waals surface area contributed by atoms with Gasteiger partial charge in [0.2, 0.25) is 10.0 Å². The van der Waals surface area contributed by atoms with Gasteiger partial charge in [0, 0.05) is 13.1 Å². The van der Waals surface area contributed by atoms with Crippen molar-refractivity contribution < 1.29 is 13.5 Å². The van der Waals surface area contributed by atoms with Gasteiger partial charge >= 0.3 is 0 Å². The molecule has 1 N–H and O–H groups in total. The second kappa shape index (κ2) is 3.71. The number of hydrogen-bond donors (Lipinski definition) is 1. The van der Waals surface area contributed by atoms with Crippen LogP contribution in [0.4, 0.5) is 0 Å². The molecule has 0 aromatic carbocycles. The molecule has 0 bridgehead atoms. The molecule has 0 unspecified atom stereocenters. The van der Waals surface area contributed by atoms with Gasteiger partial charge in [-0.05, 0) is 19.8 Å². The molecule has 0 spiro atoms. The Hall–Kier alpha value is -0.130. The normalized spacial score (nSPS) is 28.7. The van der Waals surface area contributed by atoms with E-state index in [-0.39, 0.29) is 18.3 Å². The molecule has 0 aromatic heterocycles. The zero-order valence-electron chi connectivity index (χ0n) is 9.15. The number of rotatable bonds is 2. The molecule has 5 heteroatoms. The van der Waals surface area contributed by atoms with Crippen molar-refractivity contribution in [3.8, 4) is 0 Å². The Morgan fingerprint density at radius 3 is 2.20 bits per heavy atom. The van der Waals surface area contributed by atoms with Crippen molar-refractivity contribution in [2.75, 3.05) is 13.1 Å². The summed E-state index contributed by atoms with van der Waals surface area (Å²) in [7, 11) is -3.12. The van der Waals surface area contributed by atoms with Crippen molar-refractivity contribution in [1.82, 2.24) is 4.31 Å². The summed E-state index contributed by atoms with van der Waals surface area (Å²) in [6.07, 6.45) is 4.79. The predicted molar refractivity (Wildman–Crippen MR) is 58.0 cm³/mol. The lowest BCUT2D eigenvalue weighted by atomic mass is 10.0. The molecule has 15 heavy (non-hydrogen) atoms. The highest BCUT2D eigenvalue weighted by molar-refractivity contribution is 7.89. The molecule has 1 saturated carbocycles. The first-order valence-corrected chi connectivity index (χ1v) is 7.13. The zero-order chi connectivity index (χ0) is 11.1. The number of nitrogens with zero attached hydrogens (tertiary/aromatic N) is 1. The van der Waals surface area contributed by atoms with E-state index in [1.807, 2.05) is 0 Å². The number of aliphatic hydroxyl groups is 1. The average Bonchev–Trinajstić information content (AvgIpc) is 2.15. The lowest BCUT2D eigenvalue weighted by Gasteiger charge is -2.44. The van der Waals surface area contributed by atoms with Crippen molar-refractivity contribution in [1.29, 1.82) is 0 Å². The lowest BCUT2D eigenvalue weighted by molar-refractivity contribution is -0.0431. The van der Waals surface area contributed by atoms with Crippen molar-refractivity contribution >= 4 is 10.0 Å². The SMILES string of the molecule is CC1(O)CN(S(=O)(=O)C2CCCCC2)C1. The maximum atomic E-state index is 12.1. The molecule has 1 aliphatic carbocycles. The van der Waals surface area contributed by atoms with Crippen LogP contribution in [0.15, 0.2) is 0 Å². The first-order chi connectivity index (χ1) is 6.92. The van der Waals surface area contributed by atoms with Crippen LogP contribution in [0.2, 0.25) is 0 Å². The molecule has 0 atom stereocenters. The fraction of sp³-hybridized carbons (Fsp3) is 1.00. The van der Waals surface area contributed by atoms with E-state index < -0.39 is 15.6 Å². The van der Waals surface area contributed by atoms with Crippen LogP contribution in [0.25, 0.3) is 0 Å². The van der Waals surface area contributed by atoms with Crippen LogP contribution in [0.3, 0.4) is 0 Å². The van der Waals surface area contributed by atoms with Crippen LogP contribution in [0, 0.1) is 0 Å². The van der Waals surface area contributed by atoms with Crippen LogP contribution in [0.5, 0.6) is 0 Å². The van der Waals surface area contributed by atoms with Gasteiger partial charge in [-0.15, -0.1) is 0 Å². The quantitative estimate of drug-likeness (QED) is 0.764. The Morgan fingerprint density at radius 2 is 1.73 bits per heavy atom. The van der Waals surface area contributed by atoms with Crippen molar-refractivity contribution in [2.24, 2.45) is 0 Å². The third kappa shape index (κ3) is 2.19. The van der Waals surface area contributed by atoms with E-state index >= 15 is 0 Å². The Bertz CT molecular complexity index is 323. The monoisotopic (exact) mass is 233 g/mol. The largest absolute Gasteiger partial charge is 0.387 e. The molecule has 4 nitrogen and oxygen atoms in total. The molecular weight excluding hydrogens is 214 g/mol. The van der Waals surface area contributed by atoms with E-state index in [1.165, 1.54) is 4.31 Å². The Morgan fingerprint density at radius 1 is 1.20 bits per heavy atom. The summed E-state index contributed by atoms with van der Waals surface area (Å²) >= 11 is 0. The highest BCUT2D eigenvalue weighted by Gasteiger charge is 2.46. The van der Waals surface area contributed by atoms with Crippen LogP contribution in [0.1, 0.15) is 39.0 Å². The maximum Gasteiger partial charge on any atom is 0.217 e. The molecule has 2 fully saturated rings. The summed E-state index contributed by atoms with van der Waals surface area (Å²) in [5.74, 6) is 0. The number of sulfonamides is 1. The van der Waals surface area contributed by atoms with E-state index in [4.69, 9.17) is 0 Å². The van der Waals surface area contributed by atoms with Gasteiger partial charge in [-0.3, -0.25) is 0 Å². The fourth-order valence-electron chi connectivity index (χ4n) is 2.47. The molecule has 88 valence electrons. The summed E-state index contributed by atoms with van der Waals surface area (Å²) in [6.45, 7) is 2.22. The second-order valence-electron chi connectivity index (χ2n) is 5.07. The molecule has 2 rings (SSSR count). The summed E-state index contributed by atoms with van der Waals surface area (Å²) in [5.41, 5.74) is -0.804. The predicted octanol–water partition coefficient (Wildman–Crippen LogP) is 0.715. The van der Waals surface area contributed by atoms with Gasteiger partial charge in [-0.25, -0.2) is 8.42 Å². The summed E-state index contributed by atoms with van der Waals surface area (Å²) in [5, 5.41) is 9.35. The minimum Gasteiger partial charge on any atom is -0.387 e. The van der Waals surface area contributed by atoms with E-state index in [2.05, 4.69) is 0 Å². The van der Waals surface area contributed by atoms with E-state index in [0.29, 0.717) is 0 Å². The molecule has 2 aliphatic rings. The molecule has 1 heterocycles. The van der Waals surface area contributed by atoms with Crippen molar-refractivity contribution in [3.05, 3.63) is 0 Å². The van der Waals surface area contributed by atoms with Crippen molar-refractivity contribution in [2.45, 2.75) is 49.9 Å². The van der Waals surface area contributed by atoms with Gasteiger partial charge in [0.15, 0.2) is 0 Å². The van der Waals surface area contributed by atoms with Gasteiger partial charge in [-0.1, -0.05) is 19.3 Å². The highest BCUT2D eigenvalue weighted by atomic mass is 32.2. The first-order valence-electron chi connectivity index (χ1n) is 5.63. The minimum atomic E-state index is -3.12. The van der Waals surface area contributed by atoms with Gasteiger partial charge in [0.25, 0.3) is 0 Å². The molecule has 0 aromatic rings. The third-order valence-corrected chi connectivity index (χ3v) is 5.66. The van der Waals surface area contributed by atoms with Crippen LogP contribution < -0.4 is 0 Å². The smallest absolute Gasteiger partial charge is 0.217 e. The molecular formula is C10H19NO3S. The Balaban J connectivity index is 2.01. The fourth-order valence-corrected chi connectivity index (χ4v) is 4.73. The van der Waals surface area contributed by atoms with Gasteiger partial charge < -0.3 is 5.11 Å². The lowest BCUT2D eigenvalue weighted by Crippen LogP contribution is -2.63.